The van der Waals surface area contributed by atoms with Crippen LogP contribution in [0.3, 0.4) is 0 Å². The predicted octanol–water partition coefficient (Wildman–Crippen LogP) is 3.29. The minimum absolute atomic E-state index is 0.00294. The van der Waals surface area contributed by atoms with Gasteiger partial charge in [-0.25, -0.2) is 9.59 Å². The lowest BCUT2D eigenvalue weighted by Gasteiger charge is -2.14. The standard InChI is InChI=1S/C11H11NO3.C11H9NO3/c2*1-7(13)12-5-4-8-6-9(11(14)15)2-3-10(8)12/h2-3,6H,4-5H2,1H3,(H,14,15);2-6H,1H3,(H,14,15). The molecule has 0 unspecified atom stereocenters. The largest absolute Gasteiger partial charge is 0.478 e. The van der Waals surface area contributed by atoms with Crippen LogP contribution in [0.2, 0.25) is 0 Å². The van der Waals surface area contributed by atoms with Crippen LogP contribution in [0.25, 0.3) is 10.9 Å². The van der Waals surface area contributed by atoms with Gasteiger partial charge in [-0.2, -0.15) is 0 Å². The number of benzene rings is 2. The highest BCUT2D eigenvalue weighted by Gasteiger charge is 2.22. The Morgan fingerprint density at radius 3 is 2.07 bits per heavy atom. The molecule has 2 N–H and O–H groups in total. The number of hydrogen-bond acceptors (Lipinski definition) is 4. The maximum Gasteiger partial charge on any atom is 0.335 e. The Hall–Kier alpha value is -3.94. The molecule has 0 spiro atoms. The van der Waals surface area contributed by atoms with Crippen LogP contribution in [0.5, 0.6) is 0 Å². The van der Waals surface area contributed by atoms with E-state index in [1.807, 2.05) is 0 Å². The molecule has 0 aliphatic carbocycles. The summed E-state index contributed by atoms with van der Waals surface area (Å²) in [6, 6.07) is 11.3. The third-order valence-corrected chi connectivity index (χ3v) is 4.88. The quantitative estimate of drug-likeness (QED) is 0.672. The average molecular weight is 408 g/mol. The Balaban J connectivity index is 0.000000171. The maximum absolute atomic E-state index is 11.2. The monoisotopic (exact) mass is 408 g/mol. The van der Waals surface area contributed by atoms with Crippen molar-refractivity contribution in [2.24, 2.45) is 0 Å². The molecule has 1 amide bonds. The molecule has 0 saturated carbocycles. The second kappa shape index (κ2) is 8.20. The molecule has 2 aromatic carbocycles. The van der Waals surface area contributed by atoms with Crippen molar-refractivity contribution < 1.29 is 29.4 Å². The SMILES string of the molecule is CC(=O)N1CCc2cc(C(=O)O)ccc21.CC(=O)n1ccc2cc(C(=O)O)ccc21. The van der Waals surface area contributed by atoms with Crippen LogP contribution in [-0.2, 0) is 11.2 Å². The van der Waals surface area contributed by atoms with Gasteiger partial charge in [0.2, 0.25) is 11.8 Å². The molecular formula is C22H20N2O6. The summed E-state index contributed by atoms with van der Waals surface area (Å²) >= 11 is 0. The van der Waals surface area contributed by atoms with Crippen molar-refractivity contribution in [3.63, 3.8) is 0 Å². The smallest absolute Gasteiger partial charge is 0.335 e. The Morgan fingerprint density at radius 1 is 0.833 bits per heavy atom. The molecule has 0 bridgehead atoms. The van der Waals surface area contributed by atoms with Crippen molar-refractivity contribution >= 4 is 40.3 Å². The molecule has 2 heterocycles. The highest BCUT2D eigenvalue weighted by Crippen LogP contribution is 2.28. The van der Waals surface area contributed by atoms with Gasteiger partial charge < -0.3 is 15.1 Å². The van der Waals surface area contributed by atoms with Crippen LogP contribution in [0, 0.1) is 0 Å². The first-order valence-corrected chi connectivity index (χ1v) is 9.18. The highest BCUT2D eigenvalue weighted by molar-refractivity contribution is 5.97. The van der Waals surface area contributed by atoms with E-state index in [-0.39, 0.29) is 22.9 Å². The lowest BCUT2D eigenvalue weighted by Crippen LogP contribution is -2.25. The number of carbonyl (C=O) groups excluding carboxylic acids is 2. The van der Waals surface area contributed by atoms with Gasteiger partial charge in [0.25, 0.3) is 0 Å². The van der Waals surface area contributed by atoms with E-state index in [1.54, 1.807) is 41.4 Å². The molecule has 0 atom stereocenters. The number of rotatable bonds is 2. The fourth-order valence-electron chi connectivity index (χ4n) is 3.41. The molecule has 154 valence electrons. The third-order valence-electron chi connectivity index (χ3n) is 4.88. The summed E-state index contributed by atoms with van der Waals surface area (Å²) in [6.45, 7) is 3.62. The van der Waals surface area contributed by atoms with Crippen molar-refractivity contribution in [2.45, 2.75) is 20.3 Å². The Morgan fingerprint density at radius 2 is 1.47 bits per heavy atom. The number of aromatic nitrogens is 1. The summed E-state index contributed by atoms with van der Waals surface area (Å²) in [7, 11) is 0. The number of amides is 1. The topological polar surface area (TPSA) is 117 Å². The van der Waals surface area contributed by atoms with Crippen molar-refractivity contribution in [1.29, 1.82) is 0 Å². The van der Waals surface area contributed by atoms with Crippen LogP contribution in [-0.4, -0.2) is 45.1 Å². The van der Waals surface area contributed by atoms with Crippen LogP contribution in [0.15, 0.2) is 48.7 Å². The van der Waals surface area contributed by atoms with Gasteiger partial charge in [0.15, 0.2) is 0 Å². The lowest BCUT2D eigenvalue weighted by atomic mass is 10.1. The second-order valence-corrected chi connectivity index (χ2v) is 6.85. The van der Waals surface area contributed by atoms with Crippen molar-refractivity contribution in [1.82, 2.24) is 4.57 Å². The van der Waals surface area contributed by atoms with Gasteiger partial charge in [0.05, 0.1) is 16.6 Å². The molecule has 1 aromatic heterocycles. The summed E-state index contributed by atoms with van der Waals surface area (Å²) in [5.74, 6) is -1.99. The Labute approximate surface area is 172 Å². The van der Waals surface area contributed by atoms with E-state index in [1.165, 1.54) is 30.5 Å². The number of carboxylic acids is 2. The predicted molar refractivity (Wildman–Crippen MR) is 110 cm³/mol. The zero-order valence-electron chi connectivity index (χ0n) is 16.5. The highest BCUT2D eigenvalue weighted by atomic mass is 16.4. The first kappa shape index (κ1) is 20.8. The third kappa shape index (κ3) is 4.07. The number of nitrogens with zero attached hydrogens (tertiary/aromatic N) is 2. The first-order chi connectivity index (χ1) is 14.2. The number of fused-ring (bicyclic) bond motifs is 2. The van der Waals surface area contributed by atoms with E-state index in [0.29, 0.717) is 6.54 Å². The van der Waals surface area contributed by atoms with Gasteiger partial charge in [-0.05, 0) is 54.4 Å². The fraction of sp³-hybridized carbons (Fsp3) is 0.182. The number of anilines is 1. The van der Waals surface area contributed by atoms with E-state index in [4.69, 9.17) is 10.2 Å². The van der Waals surface area contributed by atoms with Gasteiger partial charge >= 0.3 is 11.9 Å². The zero-order chi connectivity index (χ0) is 22.0. The van der Waals surface area contributed by atoms with Crippen LogP contribution in [0.4, 0.5) is 5.69 Å². The van der Waals surface area contributed by atoms with Gasteiger partial charge in [-0.3, -0.25) is 14.2 Å². The van der Waals surface area contributed by atoms with Crippen LogP contribution < -0.4 is 4.90 Å². The zero-order valence-corrected chi connectivity index (χ0v) is 16.5. The van der Waals surface area contributed by atoms with E-state index >= 15 is 0 Å². The number of carbonyl (C=O) groups is 4. The van der Waals surface area contributed by atoms with Crippen molar-refractivity contribution in [2.75, 3.05) is 11.4 Å². The van der Waals surface area contributed by atoms with Gasteiger partial charge in [-0.15, -0.1) is 0 Å². The first-order valence-electron chi connectivity index (χ1n) is 9.18. The van der Waals surface area contributed by atoms with Gasteiger partial charge in [0.1, 0.15) is 0 Å². The number of aromatic carboxylic acids is 2. The van der Waals surface area contributed by atoms with E-state index in [0.717, 1.165) is 28.6 Å². The summed E-state index contributed by atoms with van der Waals surface area (Å²) in [5.41, 5.74) is 3.01. The van der Waals surface area contributed by atoms with Crippen LogP contribution in [0.1, 0.15) is 44.9 Å². The van der Waals surface area contributed by atoms with E-state index < -0.39 is 11.9 Å². The molecule has 0 fully saturated rings. The average Bonchev–Trinajstić information content (AvgIpc) is 3.31. The molecule has 3 aromatic rings. The second-order valence-electron chi connectivity index (χ2n) is 6.85. The van der Waals surface area contributed by atoms with Crippen molar-refractivity contribution in [3.05, 3.63) is 65.4 Å². The van der Waals surface area contributed by atoms with E-state index in [9.17, 15) is 19.2 Å². The Kier molecular flexibility index (Phi) is 5.68. The molecule has 1 aliphatic rings. The molecule has 0 radical (unpaired) electrons. The fourth-order valence-corrected chi connectivity index (χ4v) is 3.41. The van der Waals surface area contributed by atoms with E-state index in [2.05, 4.69) is 0 Å². The maximum atomic E-state index is 11.2. The molecule has 0 saturated heterocycles. The summed E-state index contributed by atoms with van der Waals surface area (Å²) in [6.07, 6.45) is 2.37. The molecule has 8 nitrogen and oxygen atoms in total. The molecule has 8 heteroatoms. The van der Waals surface area contributed by atoms with Gasteiger partial charge in [-0.1, -0.05) is 0 Å². The minimum atomic E-state index is -0.965. The molecule has 4 rings (SSSR count). The summed E-state index contributed by atoms with van der Waals surface area (Å²) in [4.78, 5) is 45.5. The van der Waals surface area contributed by atoms with Crippen molar-refractivity contribution in [3.8, 4) is 0 Å². The Bertz CT molecular complexity index is 1180. The molecular weight excluding hydrogens is 388 g/mol. The molecule has 1 aliphatic heterocycles. The number of carboxylic acid groups (broad SMARTS) is 2. The van der Waals surface area contributed by atoms with Gasteiger partial charge in [0, 0.05) is 37.7 Å². The minimum Gasteiger partial charge on any atom is -0.478 e. The lowest BCUT2D eigenvalue weighted by molar-refractivity contribution is -0.116. The van der Waals surface area contributed by atoms with Crippen LogP contribution >= 0.6 is 0 Å². The summed E-state index contributed by atoms with van der Waals surface area (Å²) in [5, 5.41) is 18.4. The molecule has 30 heavy (non-hydrogen) atoms. The summed E-state index contributed by atoms with van der Waals surface area (Å²) < 4.78 is 1.49. The number of hydrogen-bond donors (Lipinski definition) is 2. The normalized spacial score (nSPS) is 12.1.